The summed E-state index contributed by atoms with van der Waals surface area (Å²) in [6, 6.07) is 5.31. The standard InChI is InChI=1S/C22H29NO6/c1-2-27-22(26)23(11-12-24)13-17-15-29-19-10-6-9-18(20(19)21(17)25)28-14-16-7-4-3-5-8-16/h6,9-10,15-16,24H,2-5,7-8,11-14H2,1H3. The first-order valence-electron chi connectivity index (χ1n) is 10.3. The SMILES string of the molecule is CCOC(=O)N(CCO)Cc1coc2cccc(OCC3CCCCC3)c2c1=O. The van der Waals surface area contributed by atoms with Crippen molar-refractivity contribution in [1.29, 1.82) is 0 Å². The number of fused-ring (bicyclic) bond motifs is 1. The Labute approximate surface area is 170 Å². The lowest BCUT2D eigenvalue weighted by Crippen LogP contribution is -2.35. The number of nitrogens with zero attached hydrogens (tertiary/aromatic N) is 1. The van der Waals surface area contributed by atoms with Crippen molar-refractivity contribution in [1.82, 2.24) is 4.90 Å². The molecule has 1 amide bonds. The second kappa shape index (κ2) is 10.3. The Balaban J connectivity index is 1.84. The van der Waals surface area contributed by atoms with E-state index in [1.807, 2.05) is 0 Å². The van der Waals surface area contributed by atoms with Crippen molar-refractivity contribution >= 4 is 17.1 Å². The van der Waals surface area contributed by atoms with E-state index in [1.54, 1.807) is 25.1 Å². The maximum atomic E-state index is 13.1. The molecule has 0 radical (unpaired) electrons. The van der Waals surface area contributed by atoms with Gasteiger partial charge >= 0.3 is 6.09 Å². The molecule has 1 aliphatic carbocycles. The fourth-order valence-corrected chi connectivity index (χ4v) is 3.75. The molecule has 29 heavy (non-hydrogen) atoms. The second-order valence-electron chi connectivity index (χ2n) is 7.38. The molecule has 0 saturated heterocycles. The number of carbonyl (C=O) groups is 1. The average Bonchev–Trinajstić information content (AvgIpc) is 2.74. The molecule has 3 rings (SSSR count). The van der Waals surface area contributed by atoms with Crippen LogP contribution in [0.2, 0.25) is 0 Å². The average molecular weight is 403 g/mol. The summed E-state index contributed by atoms with van der Waals surface area (Å²) in [6.07, 6.45) is 6.82. The van der Waals surface area contributed by atoms with Gasteiger partial charge < -0.3 is 23.9 Å². The molecular weight excluding hydrogens is 374 g/mol. The van der Waals surface area contributed by atoms with Gasteiger partial charge in [0, 0.05) is 6.54 Å². The van der Waals surface area contributed by atoms with Crippen molar-refractivity contribution in [2.24, 2.45) is 5.92 Å². The van der Waals surface area contributed by atoms with E-state index in [4.69, 9.17) is 13.9 Å². The molecule has 2 aromatic rings. The zero-order chi connectivity index (χ0) is 20.6. The first-order chi connectivity index (χ1) is 14.1. The van der Waals surface area contributed by atoms with Gasteiger partial charge in [-0.1, -0.05) is 25.3 Å². The van der Waals surface area contributed by atoms with Crippen molar-refractivity contribution in [3.05, 3.63) is 40.2 Å². The fraction of sp³-hybridized carbons (Fsp3) is 0.545. The molecule has 1 N–H and O–H groups in total. The quantitative estimate of drug-likeness (QED) is 0.723. The van der Waals surface area contributed by atoms with Crippen LogP contribution >= 0.6 is 0 Å². The third kappa shape index (κ3) is 5.29. The van der Waals surface area contributed by atoms with Crippen molar-refractivity contribution in [2.45, 2.75) is 45.6 Å². The lowest BCUT2D eigenvalue weighted by Gasteiger charge is -2.22. The van der Waals surface area contributed by atoms with Crippen LogP contribution in [0.1, 0.15) is 44.6 Å². The fourth-order valence-electron chi connectivity index (χ4n) is 3.75. The Morgan fingerprint density at radius 3 is 2.79 bits per heavy atom. The number of ether oxygens (including phenoxy) is 2. The predicted molar refractivity (Wildman–Crippen MR) is 109 cm³/mol. The summed E-state index contributed by atoms with van der Waals surface area (Å²) in [5, 5.41) is 9.62. The molecule has 1 aromatic heterocycles. The van der Waals surface area contributed by atoms with Gasteiger partial charge in [0.2, 0.25) is 5.43 Å². The minimum absolute atomic E-state index is 0.00533. The zero-order valence-corrected chi connectivity index (χ0v) is 16.9. The van der Waals surface area contributed by atoms with Gasteiger partial charge in [0.05, 0.1) is 38.2 Å². The molecule has 0 atom stereocenters. The lowest BCUT2D eigenvalue weighted by molar-refractivity contribution is 0.0953. The van der Waals surface area contributed by atoms with Crippen LogP contribution < -0.4 is 10.2 Å². The molecule has 7 nitrogen and oxygen atoms in total. The Morgan fingerprint density at radius 1 is 1.28 bits per heavy atom. The minimum atomic E-state index is -0.581. The third-order valence-electron chi connectivity index (χ3n) is 5.29. The highest BCUT2D eigenvalue weighted by Crippen LogP contribution is 2.27. The number of hydrogen-bond donors (Lipinski definition) is 1. The molecule has 0 spiro atoms. The maximum absolute atomic E-state index is 13.1. The van der Waals surface area contributed by atoms with E-state index in [0.29, 0.717) is 34.8 Å². The molecule has 1 heterocycles. The number of rotatable bonds is 8. The van der Waals surface area contributed by atoms with Crippen LogP contribution in [0.15, 0.2) is 33.7 Å². The second-order valence-corrected chi connectivity index (χ2v) is 7.38. The van der Waals surface area contributed by atoms with Gasteiger partial charge in [0.25, 0.3) is 0 Å². The van der Waals surface area contributed by atoms with Crippen LogP contribution in [0, 0.1) is 5.92 Å². The van der Waals surface area contributed by atoms with Gasteiger partial charge in [-0.3, -0.25) is 4.79 Å². The molecule has 1 aliphatic rings. The van der Waals surface area contributed by atoms with E-state index < -0.39 is 6.09 Å². The highest BCUT2D eigenvalue weighted by Gasteiger charge is 2.20. The Hall–Kier alpha value is -2.54. The van der Waals surface area contributed by atoms with Crippen LogP contribution in [-0.4, -0.2) is 42.5 Å². The number of hydrogen-bond acceptors (Lipinski definition) is 6. The van der Waals surface area contributed by atoms with Crippen molar-refractivity contribution < 1.29 is 23.8 Å². The van der Waals surface area contributed by atoms with Crippen LogP contribution in [-0.2, 0) is 11.3 Å². The number of amides is 1. The van der Waals surface area contributed by atoms with Crippen molar-refractivity contribution in [3.63, 3.8) is 0 Å². The lowest BCUT2D eigenvalue weighted by atomic mass is 9.90. The summed E-state index contributed by atoms with van der Waals surface area (Å²) in [5.41, 5.74) is 0.523. The van der Waals surface area contributed by atoms with E-state index in [0.717, 1.165) is 12.8 Å². The van der Waals surface area contributed by atoms with Crippen LogP contribution in [0.4, 0.5) is 4.79 Å². The van der Waals surface area contributed by atoms with Crippen LogP contribution in [0.3, 0.4) is 0 Å². The minimum Gasteiger partial charge on any atom is -0.492 e. The smallest absolute Gasteiger partial charge is 0.410 e. The van der Waals surface area contributed by atoms with Gasteiger partial charge in [-0.15, -0.1) is 0 Å². The normalized spacial score (nSPS) is 14.7. The van der Waals surface area contributed by atoms with Gasteiger partial charge in [0.1, 0.15) is 16.7 Å². The first-order valence-corrected chi connectivity index (χ1v) is 10.3. The largest absolute Gasteiger partial charge is 0.492 e. The van der Waals surface area contributed by atoms with Gasteiger partial charge in [0.15, 0.2) is 0 Å². The number of benzene rings is 1. The van der Waals surface area contributed by atoms with Gasteiger partial charge in [-0.25, -0.2) is 4.79 Å². The van der Waals surface area contributed by atoms with Crippen molar-refractivity contribution in [2.75, 3.05) is 26.4 Å². The Morgan fingerprint density at radius 2 is 2.07 bits per heavy atom. The first kappa shape index (κ1) is 21.2. The monoisotopic (exact) mass is 403 g/mol. The van der Waals surface area contributed by atoms with E-state index in [1.165, 1.54) is 30.4 Å². The van der Waals surface area contributed by atoms with Crippen molar-refractivity contribution in [3.8, 4) is 5.75 Å². The number of aliphatic hydroxyl groups excluding tert-OH is 1. The summed E-state index contributed by atoms with van der Waals surface area (Å²) in [4.78, 5) is 26.5. The van der Waals surface area contributed by atoms with Gasteiger partial charge in [-0.2, -0.15) is 0 Å². The molecule has 0 unspecified atom stereocenters. The summed E-state index contributed by atoms with van der Waals surface area (Å²) in [7, 11) is 0. The van der Waals surface area contributed by atoms with Crippen LogP contribution in [0.5, 0.6) is 5.75 Å². The summed E-state index contributed by atoms with van der Waals surface area (Å²) in [6.45, 7) is 2.34. The topological polar surface area (TPSA) is 89.2 Å². The predicted octanol–water partition coefficient (Wildman–Crippen LogP) is 3.70. The number of aliphatic hydroxyl groups is 1. The number of carbonyl (C=O) groups excluding carboxylic acids is 1. The summed E-state index contributed by atoms with van der Waals surface area (Å²) in [5.74, 6) is 1.02. The van der Waals surface area contributed by atoms with Gasteiger partial charge in [-0.05, 0) is 37.8 Å². The molecule has 1 fully saturated rings. The zero-order valence-electron chi connectivity index (χ0n) is 16.9. The molecular formula is C22H29NO6. The molecule has 158 valence electrons. The summed E-state index contributed by atoms with van der Waals surface area (Å²) >= 11 is 0. The van der Waals surface area contributed by atoms with Crippen LogP contribution in [0.25, 0.3) is 11.0 Å². The molecule has 0 bridgehead atoms. The highest BCUT2D eigenvalue weighted by atomic mass is 16.6. The van der Waals surface area contributed by atoms with E-state index in [2.05, 4.69) is 0 Å². The van der Waals surface area contributed by atoms with E-state index >= 15 is 0 Å². The molecule has 1 saturated carbocycles. The molecule has 7 heteroatoms. The Bertz CT molecular complexity index is 871. The highest BCUT2D eigenvalue weighted by molar-refractivity contribution is 5.83. The van der Waals surface area contributed by atoms with E-state index in [-0.39, 0.29) is 31.7 Å². The molecule has 1 aromatic carbocycles. The summed E-state index contributed by atoms with van der Waals surface area (Å²) < 4.78 is 16.7. The molecule has 0 aliphatic heterocycles. The maximum Gasteiger partial charge on any atom is 0.410 e. The van der Waals surface area contributed by atoms with E-state index in [9.17, 15) is 14.7 Å². The Kier molecular flexibility index (Phi) is 7.52. The third-order valence-corrected chi connectivity index (χ3v) is 5.29.